The molecule has 18 heavy (non-hydrogen) atoms. The zero-order valence-electron chi connectivity index (χ0n) is 9.64. The Bertz CT molecular complexity index is 600. The van der Waals surface area contributed by atoms with Gasteiger partial charge in [0.05, 0.1) is 16.4 Å². The van der Waals surface area contributed by atoms with Crippen LogP contribution in [0.5, 0.6) is 0 Å². The molecule has 2 heterocycles. The second-order valence-electron chi connectivity index (χ2n) is 3.72. The SMILES string of the molecule is Cc1cccnc1C(=O)Nc1ncc(N)cc1Br. The molecule has 0 aliphatic carbocycles. The van der Waals surface area contributed by atoms with E-state index in [1.54, 1.807) is 18.3 Å². The molecule has 1 amide bonds. The molecule has 0 unspecified atom stereocenters. The van der Waals surface area contributed by atoms with Crippen molar-refractivity contribution in [3.63, 3.8) is 0 Å². The van der Waals surface area contributed by atoms with Crippen LogP contribution in [0.3, 0.4) is 0 Å². The van der Waals surface area contributed by atoms with Gasteiger partial charge in [-0.25, -0.2) is 4.98 Å². The Morgan fingerprint density at radius 1 is 1.44 bits per heavy atom. The van der Waals surface area contributed by atoms with Crippen molar-refractivity contribution in [1.29, 1.82) is 0 Å². The van der Waals surface area contributed by atoms with Crippen molar-refractivity contribution < 1.29 is 4.79 Å². The molecule has 0 aliphatic heterocycles. The standard InChI is InChI=1S/C12H11BrN4O/c1-7-3-2-4-15-10(7)12(18)17-11-9(13)5-8(14)6-16-11/h2-6H,14H2,1H3,(H,16,17,18). The molecular weight excluding hydrogens is 296 g/mol. The summed E-state index contributed by atoms with van der Waals surface area (Å²) < 4.78 is 0.629. The second-order valence-corrected chi connectivity index (χ2v) is 4.58. The first-order chi connectivity index (χ1) is 8.58. The molecule has 0 aromatic carbocycles. The average molecular weight is 307 g/mol. The van der Waals surface area contributed by atoms with Crippen LogP contribution in [0.1, 0.15) is 16.1 Å². The quantitative estimate of drug-likeness (QED) is 0.892. The molecule has 0 spiro atoms. The Morgan fingerprint density at radius 2 is 2.22 bits per heavy atom. The molecule has 92 valence electrons. The van der Waals surface area contributed by atoms with Gasteiger partial charge in [0.1, 0.15) is 11.5 Å². The van der Waals surface area contributed by atoms with Crippen molar-refractivity contribution in [2.75, 3.05) is 11.1 Å². The number of hydrogen-bond acceptors (Lipinski definition) is 4. The van der Waals surface area contributed by atoms with Crippen LogP contribution in [-0.4, -0.2) is 15.9 Å². The minimum Gasteiger partial charge on any atom is -0.397 e. The lowest BCUT2D eigenvalue weighted by Gasteiger charge is -2.07. The van der Waals surface area contributed by atoms with E-state index in [9.17, 15) is 4.79 Å². The first-order valence-electron chi connectivity index (χ1n) is 5.22. The lowest BCUT2D eigenvalue weighted by molar-refractivity contribution is 0.102. The topological polar surface area (TPSA) is 80.9 Å². The molecule has 5 nitrogen and oxygen atoms in total. The third kappa shape index (κ3) is 2.65. The molecule has 0 fully saturated rings. The number of aryl methyl sites for hydroxylation is 1. The van der Waals surface area contributed by atoms with Gasteiger partial charge >= 0.3 is 0 Å². The highest BCUT2D eigenvalue weighted by Gasteiger charge is 2.12. The number of halogens is 1. The first kappa shape index (κ1) is 12.5. The van der Waals surface area contributed by atoms with Gasteiger partial charge < -0.3 is 11.1 Å². The summed E-state index contributed by atoms with van der Waals surface area (Å²) in [5.74, 6) is 0.116. The largest absolute Gasteiger partial charge is 0.397 e. The molecule has 2 aromatic rings. The summed E-state index contributed by atoms with van der Waals surface area (Å²) in [6.45, 7) is 1.83. The number of carbonyl (C=O) groups excluding carboxylic acids is 1. The summed E-state index contributed by atoms with van der Waals surface area (Å²) in [7, 11) is 0. The third-order valence-corrected chi connectivity index (χ3v) is 2.92. The molecule has 0 radical (unpaired) electrons. The summed E-state index contributed by atoms with van der Waals surface area (Å²) in [5.41, 5.74) is 7.28. The van der Waals surface area contributed by atoms with E-state index < -0.39 is 0 Å². The molecule has 3 N–H and O–H groups in total. The lowest BCUT2D eigenvalue weighted by atomic mass is 10.2. The van der Waals surface area contributed by atoms with Gasteiger partial charge in [-0.05, 0) is 40.5 Å². The van der Waals surface area contributed by atoms with Crippen molar-refractivity contribution in [2.45, 2.75) is 6.92 Å². The van der Waals surface area contributed by atoms with Crippen LogP contribution in [0.4, 0.5) is 11.5 Å². The predicted molar refractivity (Wildman–Crippen MR) is 73.3 cm³/mol. The van der Waals surface area contributed by atoms with E-state index in [0.717, 1.165) is 5.56 Å². The maximum Gasteiger partial charge on any atom is 0.275 e. The van der Waals surface area contributed by atoms with Crippen molar-refractivity contribution in [2.24, 2.45) is 0 Å². The number of anilines is 2. The molecule has 6 heteroatoms. The van der Waals surface area contributed by atoms with Crippen LogP contribution < -0.4 is 11.1 Å². The molecule has 0 atom stereocenters. The fraction of sp³-hybridized carbons (Fsp3) is 0.0833. The van der Waals surface area contributed by atoms with Crippen molar-refractivity contribution in [3.8, 4) is 0 Å². The van der Waals surface area contributed by atoms with Gasteiger partial charge in [-0.3, -0.25) is 9.78 Å². The summed E-state index contributed by atoms with van der Waals surface area (Å²) >= 11 is 3.29. The van der Waals surface area contributed by atoms with Gasteiger partial charge in [0, 0.05) is 6.20 Å². The van der Waals surface area contributed by atoms with Crippen LogP contribution in [0.2, 0.25) is 0 Å². The minimum absolute atomic E-state index is 0.300. The number of nitrogens with two attached hydrogens (primary N) is 1. The monoisotopic (exact) mass is 306 g/mol. The average Bonchev–Trinajstić information content (AvgIpc) is 2.33. The first-order valence-corrected chi connectivity index (χ1v) is 6.01. The Hall–Kier alpha value is -1.95. The number of hydrogen-bond donors (Lipinski definition) is 2. The maximum absolute atomic E-state index is 12.0. The second kappa shape index (κ2) is 5.14. The summed E-state index contributed by atoms with van der Waals surface area (Å²) in [6.07, 6.45) is 3.05. The van der Waals surface area contributed by atoms with Gasteiger partial charge in [-0.2, -0.15) is 0 Å². The molecule has 0 aliphatic rings. The maximum atomic E-state index is 12.0. The van der Waals surface area contributed by atoms with Crippen LogP contribution in [0, 0.1) is 6.92 Å². The summed E-state index contributed by atoms with van der Waals surface area (Å²) in [5, 5.41) is 2.68. The van der Waals surface area contributed by atoms with Crippen LogP contribution in [0.15, 0.2) is 35.1 Å². The van der Waals surface area contributed by atoms with Gasteiger partial charge in [-0.15, -0.1) is 0 Å². The van der Waals surface area contributed by atoms with E-state index in [4.69, 9.17) is 5.73 Å². The van der Waals surface area contributed by atoms with Gasteiger partial charge in [0.2, 0.25) is 0 Å². The van der Waals surface area contributed by atoms with Gasteiger partial charge in [0.25, 0.3) is 5.91 Å². The summed E-state index contributed by atoms with van der Waals surface area (Å²) in [4.78, 5) is 20.1. The number of carbonyl (C=O) groups is 1. The van der Waals surface area contributed by atoms with E-state index in [-0.39, 0.29) is 5.91 Å². The molecule has 0 saturated heterocycles. The predicted octanol–water partition coefficient (Wildman–Crippen LogP) is 2.38. The number of nitrogens with zero attached hydrogens (tertiary/aromatic N) is 2. The number of nitrogens with one attached hydrogen (secondary N) is 1. The number of aromatic nitrogens is 2. The zero-order chi connectivity index (χ0) is 13.1. The Balaban J connectivity index is 2.24. The normalized spacial score (nSPS) is 10.1. The highest BCUT2D eigenvalue weighted by atomic mass is 79.9. The molecule has 0 bridgehead atoms. The number of rotatable bonds is 2. The van der Waals surface area contributed by atoms with Crippen LogP contribution in [-0.2, 0) is 0 Å². The van der Waals surface area contributed by atoms with Crippen molar-refractivity contribution in [1.82, 2.24) is 9.97 Å². The molecule has 2 rings (SSSR count). The number of amides is 1. The fourth-order valence-corrected chi connectivity index (χ4v) is 1.90. The highest BCUT2D eigenvalue weighted by Crippen LogP contribution is 2.22. The summed E-state index contributed by atoms with van der Waals surface area (Å²) in [6, 6.07) is 5.28. The lowest BCUT2D eigenvalue weighted by Crippen LogP contribution is -2.16. The van der Waals surface area contributed by atoms with E-state index in [0.29, 0.717) is 21.7 Å². The Kier molecular flexibility index (Phi) is 3.57. The van der Waals surface area contributed by atoms with E-state index in [2.05, 4.69) is 31.2 Å². The van der Waals surface area contributed by atoms with Crippen LogP contribution in [0.25, 0.3) is 0 Å². The van der Waals surface area contributed by atoms with E-state index in [1.165, 1.54) is 6.20 Å². The minimum atomic E-state index is -0.300. The highest BCUT2D eigenvalue weighted by molar-refractivity contribution is 9.10. The third-order valence-electron chi connectivity index (χ3n) is 2.32. The molecular formula is C12H11BrN4O. The molecule has 0 saturated carbocycles. The van der Waals surface area contributed by atoms with Crippen LogP contribution >= 0.6 is 15.9 Å². The Labute approximate surface area is 113 Å². The van der Waals surface area contributed by atoms with Crippen molar-refractivity contribution >= 4 is 33.3 Å². The smallest absolute Gasteiger partial charge is 0.275 e. The fourth-order valence-electron chi connectivity index (χ4n) is 1.43. The number of nitrogen functional groups attached to an aromatic ring is 1. The van der Waals surface area contributed by atoms with Gasteiger partial charge in [-0.1, -0.05) is 6.07 Å². The van der Waals surface area contributed by atoms with Crippen molar-refractivity contribution in [3.05, 3.63) is 46.3 Å². The van der Waals surface area contributed by atoms with E-state index >= 15 is 0 Å². The number of pyridine rings is 2. The zero-order valence-corrected chi connectivity index (χ0v) is 11.2. The Morgan fingerprint density at radius 3 is 2.89 bits per heavy atom. The molecule has 2 aromatic heterocycles. The van der Waals surface area contributed by atoms with E-state index in [1.807, 2.05) is 13.0 Å². The van der Waals surface area contributed by atoms with Gasteiger partial charge in [0.15, 0.2) is 0 Å².